The van der Waals surface area contributed by atoms with E-state index >= 15 is 0 Å². The van der Waals surface area contributed by atoms with Gasteiger partial charge in [-0.2, -0.15) is 26.3 Å². The number of methoxy groups -OCH3 is 2. The molecule has 0 radical (unpaired) electrons. The van der Waals surface area contributed by atoms with Crippen molar-refractivity contribution in [2.24, 2.45) is 0 Å². The van der Waals surface area contributed by atoms with Gasteiger partial charge in [-0.15, -0.1) is 0 Å². The molecule has 5 nitrogen and oxygen atoms in total. The molecule has 0 fully saturated rings. The van der Waals surface area contributed by atoms with Crippen LogP contribution in [-0.4, -0.2) is 39.8 Å². The van der Waals surface area contributed by atoms with Crippen LogP contribution in [0.3, 0.4) is 0 Å². The second-order valence-electron chi connectivity index (χ2n) is 6.27. The van der Waals surface area contributed by atoms with E-state index in [1.807, 2.05) is 0 Å². The Bertz CT molecular complexity index is 781. The van der Waals surface area contributed by atoms with Crippen molar-refractivity contribution in [2.45, 2.75) is 25.6 Å². The smallest absolute Gasteiger partial charge is 0.411 e. The largest absolute Gasteiger partial charge is 0.496 e. The first-order chi connectivity index (χ1) is 14.5. The lowest BCUT2D eigenvalue weighted by Crippen LogP contribution is -2.16. The molecule has 0 bridgehead atoms. The molecule has 0 aliphatic heterocycles. The average Bonchev–Trinajstić information content (AvgIpc) is 2.66. The Kier molecular flexibility index (Phi) is 8.40. The Morgan fingerprint density at radius 2 is 1.03 bits per heavy atom. The number of hydrogen-bond donors (Lipinski definition) is 0. The Morgan fingerprint density at radius 3 is 1.35 bits per heavy atom. The third-order valence-electron chi connectivity index (χ3n) is 3.79. The number of hydrogen-bond acceptors (Lipinski definition) is 5. The fourth-order valence-corrected chi connectivity index (χ4v) is 2.55. The van der Waals surface area contributed by atoms with Crippen molar-refractivity contribution in [1.82, 2.24) is 0 Å². The molecule has 0 heterocycles. The van der Waals surface area contributed by atoms with Gasteiger partial charge in [0.15, 0.2) is 0 Å². The summed E-state index contributed by atoms with van der Waals surface area (Å²) in [5.41, 5.74) is 0.651. The summed E-state index contributed by atoms with van der Waals surface area (Å²) in [5, 5.41) is 0. The van der Waals surface area contributed by atoms with Crippen LogP contribution in [0.4, 0.5) is 26.3 Å². The lowest BCUT2D eigenvalue weighted by Gasteiger charge is -2.15. The van der Waals surface area contributed by atoms with E-state index < -0.39 is 25.6 Å². The van der Waals surface area contributed by atoms with Gasteiger partial charge in [-0.05, 0) is 36.4 Å². The SMILES string of the molecule is COc1ccc(Oc2ccc(OC)c(COCC(F)(F)F)c2)cc1COCC(F)(F)F. The molecule has 0 atom stereocenters. The fraction of sp³-hybridized carbons (Fsp3) is 0.400. The van der Waals surface area contributed by atoms with Crippen molar-refractivity contribution < 1.29 is 50.0 Å². The molecule has 172 valence electrons. The van der Waals surface area contributed by atoms with Crippen LogP contribution in [0, 0.1) is 0 Å². The summed E-state index contributed by atoms with van der Waals surface area (Å²) in [6.07, 6.45) is -8.93. The number of benzene rings is 2. The molecule has 2 aromatic rings. The van der Waals surface area contributed by atoms with Crippen LogP contribution in [0.25, 0.3) is 0 Å². The van der Waals surface area contributed by atoms with Crippen molar-refractivity contribution in [1.29, 1.82) is 0 Å². The maximum absolute atomic E-state index is 12.3. The number of ether oxygens (including phenoxy) is 5. The van der Waals surface area contributed by atoms with E-state index in [9.17, 15) is 26.3 Å². The minimum Gasteiger partial charge on any atom is -0.496 e. The second kappa shape index (κ2) is 10.6. The molecule has 0 saturated carbocycles. The van der Waals surface area contributed by atoms with Gasteiger partial charge in [-0.1, -0.05) is 0 Å². The van der Waals surface area contributed by atoms with E-state index in [0.717, 1.165) is 0 Å². The first-order valence-electron chi connectivity index (χ1n) is 8.81. The Balaban J connectivity index is 2.13. The minimum absolute atomic E-state index is 0.263. The molecule has 2 aromatic carbocycles. The highest BCUT2D eigenvalue weighted by Gasteiger charge is 2.28. The van der Waals surface area contributed by atoms with Gasteiger partial charge in [0.05, 0.1) is 27.4 Å². The van der Waals surface area contributed by atoms with Crippen LogP contribution in [-0.2, 0) is 22.7 Å². The van der Waals surface area contributed by atoms with Crippen LogP contribution >= 0.6 is 0 Å². The van der Waals surface area contributed by atoms with Crippen molar-refractivity contribution in [3.8, 4) is 23.0 Å². The van der Waals surface area contributed by atoms with E-state index in [4.69, 9.17) is 14.2 Å². The van der Waals surface area contributed by atoms with E-state index in [1.54, 1.807) is 0 Å². The standard InChI is InChI=1S/C20H20F6O5/c1-27-17-5-3-15(7-13(17)9-29-11-19(21,22)23)31-16-4-6-18(28-2)14(8-16)10-30-12-20(24,25)26/h3-8H,9-12H2,1-2H3. The van der Waals surface area contributed by atoms with Crippen LogP contribution in [0.5, 0.6) is 23.0 Å². The monoisotopic (exact) mass is 454 g/mol. The third kappa shape index (κ3) is 8.54. The first kappa shape index (κ1) is 24.6. The van der Waals surface area contributed by atoms with E-state index in [2.05, 4.69) is 9.47 Å². The van der Waals surface area contributed by atoms with Gasteiger partial charge in [-0.25, -0.2) is 0 Å². The third-order valence-corrected chi connectivity index (χ3v) is 3.79. The fourth-order valence-electron chi connectivity index (χ4n) is 2.55. The zero-order valence-electron chi connectivity index (χ0n) is 16.6. The molecule has 0 aliphatic carbocycles. The van der Waals surface area contributed by atoms with E-state index in [1.165, 1.54) is 50.6 Å². The molecular formula is C20H20F6O5. The number of alkyl halides is 6. The Labute approximate surface area is 174 Å². The van der Waals surface area contributed by atoms with Crippen molar-refractivity contribution in [2.75, 3.05) is 27.4 Å². The zero-order chi connectivity index (χ0) is 23.1. The predicted molar refractivity (Wildman–Crippen MR) is 97.5 cm³/mol. The Hall–Kier alpha value is -2.66. The second-order valence-corrected chi connectivity index (χ2v) is 6.27. The zero-order valence-corrected chi connectivity index (χ0v) is 16.6. The van der Waals surface area contributed by atoms with Gasteiger partial charge < -0.3 is 23.7 Å². The van der Waals surface area contributed by atoms with Crippen LogP contribution < -0.4 is 14.2 Å². The van der Waals surface area contributed by atoms with Gasteiger partial charge >= 0.3 is 12.4 Å². The summed E-state index contributed by atoms with van der Waals surface area (Å²) < 4.78 is 99.0. The van der Waals surface area contributed by atoms with E-state index in [-0.39, 0.29) is 24.7 Å². The lowest BCUT2D eigenvalue weighted by atomic mass is 10.2. The summed E-state index contributed by atoms with van der Waals surface area (Å²) >= 11 is 0. The maximum atomic E-state index is 12.3. The molecule has 0 aliphatic rings. The van der Waals surface area contributed by atoms with Gasteiger partial charge in [0, 0.05) is 11.1 Å². The van der Waals surface area contributed by atoms with Crippen LogP contribution in [0.2, 0.25) is 0 Å². The average molecular weight is 454 g/mol. The topological polar surface area (TPSA) is 46.2 Å². The van der Waals surface area contributed by atoms with Crippen molar-refractivity contribution >= 4 is 0 Å². The molecule has 11 heteroatoms. The molecule has 0 aromatic heterocycles. The number of rotatable bonds is 10. The lowest BCUT2D eigenvalue weighted by molar-refractivity contribution is -0.177. The summed E-state index contributed by atoms with van der Waals surface area (Å²) in [7, 11) is 2.72. The minimum atomic E-state index is -4.46. The molecule has 2 rings (SSSR count). The molecule has 0 amide bonds. The van der Waals surface area contributed by atoms with Crippen molar-refractivity contribution in [3.63, 3.8) is 0 Å². The van der Waals surface area contributed by atoms with Crippen LogP contribution in [0.15, 0.2) is 36.4 Å². The molecular weight excluding hydrogens is 434 g/mol. The van der Waals surface area contributed by atoms with Gasteiger partial charge in [0.25, 0.3) is 0 Å². The highest BCUT2D eigenvalue weighted by atomic mass is 19.4. The predicted octanol–water partition coefficient (Wildman–Crippen LogP) is 5.65. The maximum Gasteiger partial charge on any atom is 0.411 e. The molecule has 0 saturated heterocycles. The summed E-state index contributed by atoms with van der Waals surface area (Å²) in [4.78, 5) is 0. The summed E-state index contributed by atoms with van der Waals surface area (Å²) in [6, 6.07) is 8.93. The Morgan fingerprint density at radius 1 is 0.645 bits per heavy atom. The van der Waals surface area contributed by atoms with Gasteiger partial charge in [-0.3, -0.25) is 0 Å². The van der Waals surface area contributed by atoms with Gasteiger partial charge in [0.2, 0.25) is 0 Å². The summed E-state index contributed by atoms with van der Waals surface area (Å²) in [6.45, 7) is -3.56. The molecule has 0 spiro atoms. The van der Waals surface area contributed by atoms with E-state index in [0.29, 0.717) is 22.6 Å². The quantitative estimate of drug-likeness (QED) is 0.434. The normalized spacial score (nSPS) is 12.0. The number of halogens is 6. The van der Waals surface area contributed by atoms with Crippen molar-refractivity contribution in [3.05, 3.63) is 47.5 Å². The van der Waals surface area contributed by atoms with Crippen LogP contribution in [0.1, 0.15) is 11.1 Å². The molecule has 0 unspecified atom stereocenters. The highest BCUT2D eigenvalue weighted by molar-refractivity contribution is 5.44. The van der Waals surface area contributed by atoms with Gasteiger partial charge in [0.1, 0.15) is 36.2 Å². The first-order valence-corrected chi connectivity index (χ1v) is 8.81. The summed E-state index contributed by atoms with van der Waals surface area (Å²) in [5.74, 6) is 1.15. The highest BCUT2D eigenvalue weighted by Crippen LogP contribution is 2.32. The molecule has 0 N–H and O–H groups in total. The molecule has 31 heavy (non-hydrogen) atoms.